The molecular weight excluding hydrogens is 384 g/mol. The Hall–Kier alpha value is -2.58. The van der Waals surface area contributed by atoms with Crippen LogP contribution in [0.2, 0.25) is 0 Å². The number of rotatable bonds is 8. The zero-order chi connectivity index (χ0) is 19.2. The highest BCUT2D eigenvalue weighted by Crippen LogP contribution is 2.38. The number of thiophene rings is 1. The molecule has 0 atom stereocenters. The fraction of sp³-hybridized carbons (Fsp3) is 0.263. The Balaban J connectivity index is 1.62. The lowest BCUT2D eigenvalue weighted by Crippen LogP contribution is -2.12. The molecule has 8 heteroatoms. The van der Waals surface area contributed by atoms with Crippen molar-refractivity contribution in [3.8, 4) is 27.8 Å². The van der Waals surface area contributed by atoms with Crippen molar-refractivity contribution in [1.29, 1.82) is 0 Å². The first kappa shape index (κ1) is 19.2. The largest absolute Gasteiger partial charge is 0.493 e. The lowest BCUT2D eigenvalue weighted by Gasteiger charge is -2.14. The Kier molecular flexibility index (Phi) is 6.31. The van der Waals surface area contributed by atoms with Crippen LogP contribution >= 0.6 is 22.7 Å². The molecule has 1 aromatic carbocycles. The molecular formula is C19H20N2O4S2. The highest BCUT2D eigenvalue weighted by molar-refractivity contribution is 7.16. The molecule has 2 heterocycles. The zero-order valence-electron chi connectivity index (χ0n) is 15.3. The van der Waals surface area contributed by atoms with Gasteiger partial charge >= 0.3 is 0 Å². The second-order valence-electron chi connectivity index (χ2n) is 5.60. The summed E-state index contributed by atoms with van der Waals surface area (Å²) in [6, 6.07) is 7.70. The summed E-state index contributed by atoms with van der Waals surface area (Å²) >= 11 is 3.05. The maximum Gasteiger partial charge on any atom is 0.226 e. The maximum absolute atomic E-state index is 12.3. The van der Waals surface area contributed by atoms with Crippen LogP contribution in [0.25, 0.3) is 10.6 Å². The van der Waals surface area contributed by atoms with Crippen molar-refractivity contribution in [1.82, 2.24) is 4.98 Å². The van der Waals surface area contributed by atoms with Gasteiger partial charge in [-0.25, -0.2) is 4.98 Å². The van der Waals surface area contributed by atoms with E-state index in [-0.39, 0.29) is 5.91 Å². The van der Waals surface area contributed by atoms with Crippen LogP contribution in [0.4, 0.5) is 5.13 Å². The van der Waals surface area contributed by atoms with Gasteiger partial charge in [0.15, 0.2) is 16.6 Å². The first-order valence-electron chi connectivity index (χ1n) is 8.22. The number of hydrogen-bond acceptors (Lipinski definition) is 7. The average molecular weight is 405 g/mol. The number of thiazole rings is 1. The number of amides is 1. The molecule has 1 amide bonds. The predicted molar refractivity (Wildman–Crippen MR) is 108 cm³/mol. The van der Waals surface area contributed by atoms with Crippen LogP contribution in [0, 0.1) is 0 Å². The molecule has 0 saturated carbocycles. The summed E-state index contributed by atoms with van der Waals surface area (Å²) in [6.45, 7) is 0. The Bertz CT molecular complexity index is 881. The minimum Gasteiger partial charge on any atom is -0.493 e. The van der Waals surface area contributed by atoms with Crippen LogP contribution < -0.4 is 19.5 Å². The number of carbonyl (C=O) groups is 1. The quantitative estimate of drug-likeness (QED) is 0.600. The number of carbonyl (C=O) groups excluding carboxylic acids is 1. The van der Waals surface area contributed by atoms with Crippen molar-refractivity contribution in [2.45, 2.75) is 12.8 Å². The number of methoxy groups -OCH3 is 3. The number of benzene rings is 1. The van der Waals surface area contributed by atoms with Crippen LogP contribution in [0.1, 0.15) is 12.0 Å². The highest BCUT2D eigenvalue weighted by atomic mass is 32.1. The average Bonchev–Trinajstić information content (AvgIpc) is 3.37. The van der Waals surface area contributed by atoms with Crippen molar-refractivity contribution < 1.29 is 19.0 Å². The zero-order valence-corrected chi connectivity index (χ0v) is 16.9. The number of anilines is 1. The monoisotopic (exact) mass is 404 g/mol. The number of nitrogens with zero attached hydrogens (tertiary/aromatic N) is 1. The van der Waals surface area contributed by atoms with Gasteiger partial charge in [0.25, 0.3) is 0 Å². The molecule has 0 spiro atoms. The van der Waals surface area contributed by atoms with Gasteiger partial charge in [-0.3, -0.25) is 4.79 Å². The number of nitrogens with one attached hydrogen (secondary N) is 1. The summed E-state index contributed by atoms with van der Waals surface area (Å²) in [5.41, 5.74) is 1.81. The lowest BCUT2D eigenvalue weighted by atomic mass is 10.1. The van der Waals surface area contributed by atoms with Crippen molar-refractivity contribution in [3.63, 3.8) is 0 Å². The molecule has 0 unspecified atom stereocenters. The number of ether oxygens (including phenoxy) is 3. The molecule has 0 aliphatic rings. The smallest absolute Gasteiger partial charge is 0.226 e. The molecule has 3 aromatic rings. The van der Waals surface area contributed by atoms with E-state index in [4.69, 9.17) is 14.2 Å². The van der Waals surface area contributed by atoms with Crippen LogP contribution in [-0.2, 0) is 11.2 Å². The van der Waals surface area contributed by atoms with Gasteiger partial charge in [-0.2, -0.15) is 0 Å². The van der Waals surface area contributed by atoms with E-state index in [0.717, 1.165) is 16.1 Å². The highest BCUT2D eigenvalue weighted by Gasteiger charge is 2.14. The summed E-state index contributed by atoms with van der Waals surface area (Å²) in [5, 5.41) is 7.41. The van der Waals surface area contributed by atoms with Gasteiger partial charge in [0.1, 0.15) is 0 Å². The van der Waals surface area contributed by atoms with Crippen molar-refractivity contribution in [2.75, 3.05) is 26.6 Å². The third kappa shape index (κ3) is 4.58. The molecule has 1 N–H and O–H groups in total. The minimum atomic E-state index is -0.0872. The van der Waals surface area contributed by atoms with Gasteiger partial charge in [0, 0.05) is 11.8 Å². The summed E-state index contributed by atoms with van der Waals surface area (Å²) < 4.78 is 16.0. The Morgan fingerprint density at radius 1 is 1.11 bits per heavy atom. The van der Waals surface area contributed by atoms with E-state index in [2.05, 4.69) is 10.3 Å². The summed E-state index contributed by atoms with van der Waals surface area (Å²) in [4.78, 5) is 17.8. The van der Waals surface area contributed by atoms with Crippen LogP contribution in [0.3, 0.4) is 0 Å². The molecule has 0 aliphatic heterocycles. The molecule has 0 radical (unpaired) electrons. The summed E-state index contributed by atoms with van der Waals surface area (Å²) in [6.07, 6.45) is 0.873. The van der Waals surface area contributed by atoms with Gasteiger partial charge in [-0.1, -0.05) is 6.07 Å². The van der Waals surface area contributed by atoms with Gasteiger partial charge in [0.2, 0.25) is 11.7 Å². The van der Waals surface area contributed by atoms with Gasteiger partial charge in [-0.15, -0.1) is 22.7 Å². The summed E-state index contributed by atoms with van der Waals surface area (Å²) in [7, 11) is 4.70. The molecule has 2 aromatic heterocycles. The lowest BCUT2D eigenvalue weighted by molar-refractivity contribution is -0.116. The fourth-order valence-electron chi connectivity index (χ4n) is 2.59. The van der Waals surface area contributed by atoms with Gasteiger partial charge < -0.3 is 19.5 Å². The molecule has 27 heavy (non-hydrogen) atoms. The van der Waals surface area contributed by atoms with Gasteiger partial charge in [-0.05, 0) is 35.6 Å². The molecule has 0 bridgehead atoms. The standard InChI is InChI=1S/C19H20N2O4S2/c1-23-14-9-12(10-15(24-2)18(14)25-3)6-7-17(22)21-19-20-13(11-27-19)16-5-4-8-26-16/h4-5,8-11H,6-7H2,1-3H3,(H,20,21,22). The Morgan fingerprint density at radius 3 is 2.44 bits per heavy atom. The number of aromatic nitrogens is 1. The maximum atomic E-state index is 12.3. The summed E-state index contributed by atoms with van der Waals surface area (Å²) in [5.74, 6) is 1.61. The first-order valence-corrected chi connectivity index (χ1v) is 9.98. The van der Waals surface area contributed by atoms with E-state index >= 15 is 0 Å². The molecule has 6 nitrogen and oxygen atoms in total. The first-order chi connectivity index (χ1) is 13.1. The molecule has 3 rings (SSSR count). The van der Waals surface area contributed by atoms with Gasteiger partial charge in [0.05, 0.1) is 31.9 Å². The Labute approximate surface area is 165 Å². The third-order valence-corrected chi connectivity index (χ3v) is 5.54. The topological polar surface area (TPSA) is 69.7 Å². The van der Waals surface area contributed by atoms with E-state index in [1.807, 2.05) is 35.0 Å². The molecule has 142 valence electrons. The molecule has 0 saturated heterocycles. The second kappa shape index (κ2) is 8.88. The normalized spacial score (nSPS) is 10.5. The fourth-order valence-corrected chi connectivity index (χ4v) is 4.08. The SMILES string of the molecule is COc1cc(CCC(=O)Nc2nc(-c3cccs3)cs2)cc(OC)c1OC. The van der Waals surface area contributed by atoms with E-state index < -0.39 is 0 Å². The third-order valence-electron chi connectivity index (χ3n) is 3.89. The van der Waals surface area contributed by atoms with E-state index in [1.54, 1.807) is 32.7 Å². The van der Waals surface area contributed by atoms with E-state index in [0.29, 0.717) is 35.2 Å². The van der Waals surface area contributed by atoms with Crippen molar-refractivity contribution in [2.24, 2.45) is 0 Å². The Morgan fingerprint density at radius 2 is 1.85 bits per heavy atom. The predicted octanol–water partition coefficient (Wildman–Crippen LogP) is 4.47. The molecule has 0 fully saturated rings. The van der Waals surface area contributed by atoms with E-state index in [9.17, 15) is 4.79 Å². The number of hydrogen-bond donors (Lipinski definition) is 1. The van der Waals surface area contributed by atoms with Crippen molar-refractivity contribution in [3.05, 3.63) is 40.6 Å². The van der Waals surface area contributed by atoms with Crippen LogP contribution in [-0.4, -0.2) is 32.2 Å². The minimum absolute atomic E-state index is 0.0872. The molecule has 0 aliphatic carbocycles. The van der Waals surface area contributed by atoms with E-state index in [1.165, 1.54) is 11.3 Å². The number of aryl methyl sites for hydroxylation is 1. The second-order valence-corrected chi connectivity index (χ2v) is 7.40. The van der Waals surface area contributed by atoms with Crippen LogP contribution in [0.5, 0.6) is 17.2 Å². The van der Waals surface area contributed by atoms with Crippen LogP contribution in [0.15, 0.2) is 35.0 Å². The van der Waals surface area contributed by atoms with Crippen molar-refractivity contribution >= 4 is 33.7 Å².